The van der Waals surface area contributed by atoms with Crippen molar-refractivity contribution in [2.75, 3.05) is 11.5 Å². The van der Waals surface area contributed by atoms with Crippen LogP contribution < -0.4 is 11.5 Å². The Kier molecular flexibility index (Phi) is 4.52. The molecule has 0 aliphatic heterocycles. The van der Waals surface area contributed by atoms with E-state index in [-0.39, 0.29) is 22.5 Å². The van der Waals surface area contributed by atoms with Crippen molar-refractivity contribution >= 4 is 35.3 Å². The first kappa shape index (κ1) is 18.3. The third-order valence-corrected chi connectivity index (χ3v) is 3.63. The van der Waals surface area contributed by atoms with E-state index < -0.39 is 46.1 Å². The van der Waals surface area contributed by atoms with Crippen LogP contribution in [0.1, 0.15) is 41.4 Å². The summed E-state index contributed by atoms with van der Waals surface area (Å²) in [6.07, 6.45) is 0. The van der Waals surface area contributed by atoms with Crippen LogP contribution >= 0.6 is 0 Å². The molecule has 2 rings (SSSR count). The molecule has 0 aromatic heterocycles. The van der Waals surface area contributed by atoms with Gasteiger partial charge in [-0.3, -0.25) is 0 Å². The number of nitrogens with two attached hydrogens (primary N) is 2. The van der Waals surface area contributed by atoms with Crippen LogP contribution in [-0.2, 0) is 0 Å². The van der Waals surface area contributed by atoms with Crippen LogP contribution in [0, 0.1) is 0 Å². The molecule has 0 radical (unpaired) electrons. The van der Waals surface area contributed by atoms with Crippen molar-refractivity contribution in [3.63, 3.8) is 0 Å². The van der Waals surface area contributed by atoms with E-state index in [1.54, 1.807) is 0 Å². The Balaban J connectivity index is 2.99. The van der Waals surface area contributed by atoms with Crippen molar-refractivity contribution in [2.45, 2.75) is 0 Å². The van der Waals surface area contributed by atoms with Crippen molar-refractivity contribution in [1.29, 1.82) is 0 Å². The zero-order valence-corrected chi connectivity index (χ0v) is 12.9. The standard InChI is InChI=1S/C16H12N2O8/c17-10-2-1-5(11(12(10)18)16(25)26)6-3-8(14(21)22)9(15(23)24)4-7(6)13(19)20/h1-4H,17-18H2,(H,19,20)(H,21,22)(H,23,24)(H,25,26). The zero-order valence-electron chi connectivity index (χ0n) is 12.9. The van der Waals surface area contributed by atoms with Gasteiger partial charge in [-0.25, -0.2) is 19.2 Å². The zero-order chi connectivity index (χ0) is 19.8. The quantitative estimate of drug-likeness (QED) is 0.422. The highest BCUT2D eigenvalue weighted by Crippen LogP contribution is 2.35. The molecule has 8 N–H and O–H groups in total. The number of nitrogen functional groups attached to an aromatic ring is 2. The summed E-state index contributed by atoms with van der Waals surface area (Å²) in [4.78, 5) is 45.7. The average Bonchev–Trinajstić information content (AvgIpc) is 2.55. The maximum absolute atomic E-state index is 11.5. The highest BCUT2D eigenvalue weighted by atomic mass is 16.4. The van der Waals surface area contributed by atoms with E-state index in [1.165, 1.54) is 12.1 Å². The van der Waals surface area contributed by atoms with Crippen LogP contribution in [0.2, 0.25) is 0 Å². The Morgan fingerprint density at radius 3 is 1.62 bits per heavy atom. The molecule has 0 saturated carbocycles. The molecule has 2 aromatic rings. The van der Waals surface area contributed by atoms with E-state index in [9.17, 15) is 34.5 Å². The molecular formula is C16H12N2O8. The Hall–Kier alpha value is -4.08. The monoisotopic (exact) mass is 360 g/mol. The number of carboxylic acid groups (broad SMARTS) is 4. The third-order valence-electron chi connectivity index (χ3n) is 3.63. The SMILES string of the molecule is Nc1ccc(-c2cc(C(=O)O)c(C(=O)O)cc2C(=O)O)c(C(=O)O)c1N. The molecule has 0 aliphatic carbocycles. The van der Waals surface area contributed by atoms with E-state index in [4.69, 9.17) is 16.6 Å². The minimum atomic E-state index is -1.65. The molecule has 134 valence electrons. The topological polar surface area (TPSA) is 201 Å². The second-order valence-corrected chi connectivity index (χ2v) is 5.16. The van der Waals surface area contributed by atoms with Crippen LogP contribution in [0.4, 0.5) is 11.4 Å². The van der Waals surface area contributed by atoms with Gasteiger partial charge in [-0.2, -0.15) is 0 Å². The van der Waals surface area contributed by atoms with Crippen molar-refractivity contribution in [2.24, 2.45) is 0 Å². The lowest BCUT2D eigenvalue weighted by molar-refractivity contribution is 0.0649. The predicted octanol–water partition coefficient (Wildman–Crippen LogP) is 1.31. The van der Waals surface area contributed by atoms with E-state index in [0.29, 0.717) is 6.07 Å². The van der Waals surface area contributed by atoms with Gasteiger partial charge in [-0.05, 0) is 29.3 Å². The molecule has 2 aromatic carbocycles. The summed E-state index contributed by atoms with van der Waals surface area (Å²) in [5, 5.41) is 37.1. The number of carboxylic acids is 4. The number of hydrogen-bond acceptors (Lipinski definition) is 6. The average molecular weight is 360 g/mol. The minimum absolute atomic E-state index is 0.0661. The molecule has 0 heterocycles. The van der Waals surface area contributed by atoms with Crippen molar-refractivity contribution < 1.29 is 39.6 Å². The van der Waals surface area contributed by atoms with Crippen LogP contribution in [0.5, 0.6) is 0 Å². The largest absolute Gasteiger partial charge is 0.478 e. The predicted molar refractivity (Wildman–Crippen MR) is 88.5 cm³/mol. The van der Waals surface area contributed by atoms with Gasteiger partial charge < -0.3 is 31.9 Å². The second-order valence-electron chi connectivity index (χ2n) is 5.16. The van der Waals surface area contributed by atoms with Crippen LogP contribution in [0.25, 0.3) is 11.1 Å². The van der Waals surface area contributed by atoms with Gasteiger partial charge in [-0.1, -0.05) is 6.07 Å². The lowest BCUT2D eigenvalue weighted by atomic mass is 9.90. The van der Waals surface area contributed by atoms with Crippen molar-refractivity contribution in [1.82, 2.24) is 0 Å². The molecule has 0 amide bonds. The van der Waals surface area contributed by atoms with Gasteiger partial charge in [0.25, 0.3) is 0 Å². The summed E-state index contributed by atoms with van der Waals surface area (Å²) in [6, 6.07) is 3.84. The number of hydrogen-bond donors (Lipinski definition) is 6. The fourth-order valence-electron chi connectivity index (χ4n) is 2.44. The summed E-state index contributed by atoms with van der Waals surface area (Å²) in [5.41, 5.74) is 7.74. The van der Waals surface area contributed by atoms with Gasteiger partial charge in [0, 0.05) is 0 Å². The summed E-state index contributed by atoms with van der Waals surface area (Å²) >= 11 is 0. The third kappa shape index (κ3) is 2.98. The van der Waals surface area contributed by atoms with E-state index in [2.05, 4.69) is 0 Å². The molecular weight excluding hydrogens is 348 g/mol. The Bertz CT molecular complexity index is 981. The number of carbonyl (C=O) groups is 4. The van der Waals surface area contributed by atoms with Crippen LogP contribution in [0.15, 0.2) is 24.3 Å². The molecule has 10 nitrogen and oxygen atoms in total. The second kappa shape index (κ2) is 6.43. The Morgan fingerprint density at radius 2 is 1.15 bits per heavy atom. The van der Waals surface area contributed by atoms with Gasteiger partial charge in [0.1, 0.15) is 0 Å². The smallest absolute Gasteiger partial charge is 0.338 e. The first-order chi connectivity index (χ1) is 12.1. The summed E-state index contributed by atoms with van der Waals surface area (Å²) in [7, 11) is 0. The highest BCUT2D eigenvalue weighted by molar-refractivity contribution is 6.10. The molecule has 0 saturated heterocycles. The number of anilines is 2. The number of benzene rings is 2. The Labute approximate surface area is 144 Å². The fourth-order valence-corrected chi connectivity index (χ4v) is 2.44. The van der Waals surface area contributed by atoms with Crippen molar-refractivity contribution in [3.8, 4) is 11.1 Å². The highest BCUT2D eigenvalue weighted by Gasteiger charge is 2.26. The molecule has 0 aliphatic rings. The normalized spacial score (nSPS) is 10.3. The first-order valence-electron chi connectivity index (χ1n) is 6.85. The van der Waals surface area contributed by atoms with Gasteiger partial charge in [0.05, 0.1) is 33.6 Å². The lowest BCUT2D eigenvalue weighted by Gasteiger charge is -2.15. The maximum Gasteiger partial charge on any atom is 0.338 e. The molecule has 0 bridgehead atoms. The van der Waals surface area contributed by atoms with E-state index in [1.807, 2.05) is 0 Å². The van der Waals surface area contributed by atoms with Gasteiger partial charge >= 0.3 is 23.9 Å². The molecule has 10 heteroatoms. The molecule has 0 atom stereocenters. The van der Waals surface area contributed by atoms with Crippen LogP contribution in [0.3, 0.4) is 0 Å². The number of aromatic carboxylic acids is 4. The fraction of sp³-hybridized carbons (Fsp3) is 0. The Morgan fingerprint density at radius 1 is 0.654 bits per heavy atom. The first-order valence-corrected chi connectivity index (χ1v) is 6.85. The summed E-state index contributed by atoms with van der Waals surface area (Å²) < 4.78 is 0. The van der Waals surface area contributed by atoms with Crippen molar-refractivity contribution in [3.05, 3.63) is 46.5 Å². The summed E-state index contributed by atoms with van der Waals surface area (Å²) in [6.45, 7) is 0. The van der Waals surface area contributed by atoms with E-state index in [0.717, 1.165) is 6.07 Å². The van der Waals surface area contributed by atoms with E-state index >= 15 is 0 Å². The lowest BCUT2D eigenvalue weighted by Crippen LogP contribution is -2.14. The number of rotatable bonds is 5. The molecule has 0 unspecified atom stereocenters. The minimum Gasteiger partial charge on any atom is -0.478 e. The molecule has 0 fully saturated rings. The van der Waals surface area contributed by atoms with Gasteiger partial charge in [0.15, 0.2) is 0 Å². The maximum atomic E-state index is 11.5. The summed E-state index contributed by atoms with van der Waals surface area (Å²) in [5.74, 6) is -6.36. The molecule has 26 heavy (non-hydrogen) atoms. The molecule has 0 spiro atoms. The van der Waals surface area contributed by atoms with Crippen LogP contribution in [-0.4, -0.2) is 44.3 Å². The van der Waals surface area contributed by atoms with Gasteiger partial charge in [0.2, 0.25) is 0 Å². The van der Waals surface area contributed by atoms with Gasteiger partial charge in [-0.15, -0.1) is 0 Å².